The summed E-state index contributed by atoms with van der Waals surface area (Å²) in [4.78, 5) is 31.7. The number of aromatic nitrogens is 1. The topological polar surface area (TPSA) is 104 Å². The van der Waals surface area contributed by atoms with E-state index in [0.29, 0.717) is 34.2 Å². The Bertz CT molecular complexity index is 1300. The molecule has 1 fully saturated rings. The number of aliphatic hydroxyl groups excluding tert-OH is 1. The average Bonchev–Trinajstić information content (AvgIpc) is 3.11. The summed E-state index contributed by atoms with van der Waals surface area (Å²) in [7, 11) is 0. The van der Waals surface area contributed by atoms with Gasteiger partial charge in [-0.25, -0.2) is 0 Å². The minimum absolute atomic E-state index is 0.0814. The molecule has 1 saturated heterocycles. The molecule has 3 aromatic rings. The predicted octanol–water partition coefficient (Wildman–Crippen LogP) is 4.63. The summed E-state index contributed by atoms with van der Waals surface area (Å²) in [6, 6.07) is 15.4. The second-order valence-corrected chi connectivity index (χ2v) is 7.60. The molecule has 1 atom stereocenters. The van der Waals surface area contributed by atoms with Crippen molar-refractivity contribution in [3.63, 3.8) is 0 Å². The van der Waals surface area contributed by atoms with E-state index in [1.165, 1.54) is 17.2 Å². The fraction of sp³-hybridized carbons (Fsp3) is 0.120. The van der Waals surface area contributed by atoms with Crippen molar-refractivity contribution in [2.75, 3.05) is 11.5 Å². The Morgan fingerprint density at radius 1 is 1.21 bits per heavy atom. The van der Waals surface area contributed by atoms with E-state index in [9.17, 15) is 14.7 Å². The van der Waals surface area contributed by atoms with Crippen LogP contribution in [-0.2, 0) is 9.59 Å². The van der Waals surface area contributed by atoms with E-state index in [1.807, 2.05) is 6.07 Å². The number of carbonyl (C=O) groups is 2. The maximum absolute atomic E-state index is 13.1. The van der Waals surface area contributed by atoms with E-state index in [1.54, 1.807) is 61.7 Å². The molecule has 1 N–H and O–H groups in total. The molecule has 8 heteroatoms. The number of rotatable bonds is 5. The van der Waals surface area contributed by atoms with E-state index in [4.69, 9.17) is 21.6 Å². The van der Waals surface area contributed by atoms with Gasteiger partial charge >= 0.3 is 0 Å². The van der Waals surface area contributed by atoms with Crippen LogP contribution in [0.3, 0.4) is 0 Å². The van der Waals surface area contributed by atoms with Gasteiger partial charge in [-0.2, -0.15) is 5.26 Å². The minimum Gasteiger partial charge on any atom is -0.507 e. The van der Waals surface area contributed by atoms with Crippen molar-refractivity contribution < 1.29 is 19.4 Å². The van der Waals surface area contributed by atoms with Gasteiger partial charge < -0.3 is 9.84 Å². The molecule has 1 unspecified atom stereocenters. The van der Waals surface area contributed by atoms with Gasteiger partial charge in [-0.1, -0.05) is 17.7 Å². The molecule has 0 saturated carbocycles. The number of carbonyl (C=O) groups excluding carboxylic acids is 2. The molecule has 0 aliphatic carbocycles. The van der Waals surface area contributed by atoms with Gasteiger partial charge in [-0.15, -0.1) is 0 Å². The van der Waals surface area contributed by atoms with Crippen LogP contribution in [0, 0.1) is 11.3 Å². The summed E-state index contributed by atoms with van der Waals surface area (Å²) in [6.45, 7) is 2.16. The van der Waals surface area contributed by atoms with Gasteiger partial charge in [0.2, 0.25) is 0 Å². The molecule has 1 aliphatic rings. The Kier molecular flexibility index (Phi) is 6.11. The third kappa shape index (κ3) is 4.04. The first-order chi connectivity index (χ1) is 16.0. The van der Waals surface area contributed by atoms with Crippen LogP contribution < -0.4 is 9.64 Å². The van der Waals surface area contributed by atoms with E-state index in [2.05, 4.69) is 4.98 Å². The first-order valence-corrected chi connectivity index (χ1v) is 10.5. The maximum Gasteiger partial charge on any atom is 0.300 e. The molecule has 1 aromatic heterocycles. The summed E-state index contributed by atoms with van der Waals surface area (Å²) in [5, 5.41) is 20.6. The molecule has 33 heavy (non-hydrogen) atoms. The fourth-order valence-corrected chi connectivity index (χ4v) is 3.89. The zero-order valence-corrected chi connectivity index (χ0v) is 18.3. The lowest BCUT2D eigenvalue weighted by Gasteiger charge is -2.25. The summed E-state index contributed by atoms with van der Waals surface area (Å²) in [5.41, 5.74) is 1.58. The molecule has 4 rings (SSSR count). The van der Waals surface area contributed by atoms with Gasteiger partial charge in [0.25, 0.3) is 11.7 Å². The number of halogens is 1. The average molecular weight is 460 g/mol. The lowest BCUT2D eigenvalue weighted by molar-refractivity contribution is -0.132. The third-order valence-electron chi connectivity index (χ3n) is 5.22. The lowest BCUT2D eigenvalue weighted by Crippen LogP contribution is -2.29. The van der Waals surface area contributed by atoms with Crippen molar-refractivity contribution in [2.24, 2.45) is 0 Å². The lowest BCUT2D eigenvalue weighted by atomic mass is 9.96. The molecule has 2 heterocycles. The number of pyridine rings is 1. The van der Waals surface area contributed by atoms with E-state index >= 15 is 0 Å². The number of ketones is 1. The van der Waals surface area contributed by atoms with Crippen molar-refractivity contribution >= 4 is 34.7 Å². The molecule has 1 amide bonds. The van der Waals surface area contributed by atoms with Crippen molar-refractivity contribution in [1.29, 1.82) is 5.26 Å². The van der Waals surface area contributed by atoms with Crippen LogP contribution in [0.5, 0.6) is 5.75 Å². The second kappa shape index (κ2) is 9.15. The van der Waals surface area contributed by atoms with E-state index in [0.717, 1.165) is 0 Å². The van der Waals surface area contributed by atoms with Gasteiger partial charge in [0.05, 0.1) is 34.9 Å². The summed E-state index contributed by atoms with van der Waals surface area (Å²) >= 11 is 6.16. The number of ether oxygens (including phenoxy) is 1. The van der Waals surface area contributed by atoms with Crippen molar-refractivity contribution in [2.45, 2.75) is 13.0 Å². The Morgan fingerprint density at radius 3 is 2.61 bits per heavy atom. The zero-order chi connectivity index (χ0) is 23.5. The minimum atomic E-state index is -0.919. The van der Waals surface area contributed by atoms with E-state index < -0.39 is 17.7 Å². The quantitative estimate of drug-likeness (QED) is 0.339. The summed E-state index contributed by atoms with van der Waals surface area (Å²) < 4.78 is 5.50. The fourth-order valence-electron chi connectivity index (χ4n) is 3.72. The van der Waals surface area contributed by atoms with Crippen LogP contribution in [0.25, 0.3) is 5.76 Å². The Hall–Kier alpha value is -4.15. The molecule has 7 nitrogen and oxygen atoms in total. The monoisotopic (exact) mass is 459 g/mol. The standard InChI is InChI=1S/C25H18ClN3O4/c1-2-33-20-12-16(7-10-19(20)26)23(30)21-22(17-4-3-11-28-14-17)29(25(32)24(21)31)18-8-5-15(13-27)6-9-18/h3-12,14,22,30H,2H2,1H3/b23-21-. The first-order valence-electron chi connectivity index (χ1n) is 10.1. The Labute approximate surface area is 195 Å². The molecule has 2 aromatic carbocycles. The van der Waals surface area contributed by atoms with Gasteiger partial charge in [0.1, 0.15) is 11.5 Å². The molecular weight excluding hydrogens is 442 g/mol. The van der Waals surface area contributed by atoms with Gasteiger partial charge in [-0.05, 0) is 61.0 Å². The zero-order valence-electron chi connectivity index (χ0n) is 17.5. The van der Waals surface area contributed by atoms with E-state index in [-0.39, 0.29) is 16.9 Å². The summed E-state index contributed by atoms with van der Waals surface area (Å²) in [5.74, 6) is -1.63. The summed E-state index contributed by atoms with van der Waals surface area (Å²) in [6.07, 6.45) is 3.11. The van der Waals surface area contributed by atoms with Crippen LogP contribution >= 0.6 is 11.6 Å². The Morgan fingerprint density at radius 2 is 1.97 bits per heavy atom. The van der Waals surface area contributed by atoms with Gasteiger partial charge in [0.15, 0.2) is 0 Å². The molecular formula is C25H18ClN3O4. The highest BCUT2D eigenvalue weighted by atomic mass is 35.5. The van der Waals surface area contributed by atoms with Crippen LogP contribution in [0.1, 0.15) is 29.7 Å². The number of anilines is 1. The SMILES string of the molecule is CCOc1cc(/C(O)=C2/C(=O)C(=O)N(c3ccc(C#N)cc3)C2c2cccnc2)ccc1Cl. The van der Waals surface area contributed by atoms with Gasteiger partial charge in [-0.3, -0.25) is 19.5 Å². The van der Waals surface area contributed by atoms with Crippen molar-refractivity contribution in [3.8, 4) is 11.8 Å². The number of Topliss-reactive ketones (excluding diaryl/α,β-unsaturated/α-hetero) is 1. The van der Waals surface area contributed by atoms with Gasteiger partial charge in [0, 0.05) is 23.6 Å². The van der Waals surface area contributed by atoms with Crippen molar-refractivity contribution in [3.05, 3.63) is 94.3 Å². The number of nitrogens with zero attached hydrogens (tertiary/aromatic N) is 3. The van der Waals surface area contributed by atoms with Crippen LogP contribution in [0.2, 0.25) is 5.02 Å². The molecule has 0 bridgehead atoms. The smallest absolute Gasteiger partial charge is 0.300 e. The second-order valence-electron chi connectivity index (χ2n) is 7.19. The van der Waals surface area contributed by atoms with Crippen LogP contribution in [-0.4, -0.2) is 28.4 Å². The molecule has 0 spiro atoms. The third-order valence-corrected chi connectivity index (χ3v) is 5.54. The Balaban J connectivity index is 1.91. The van der Waals surface area contributed by atoms with Crippen molar-refractivity contribution in [1.82, 2.24) is 4.98 Å². The largest absolute Gasteiger partial charge is 0.507 e. The highest BCUT2D eigenvalue weighted by molar-refractivity contribution is 6.51. The highest BCUT2D eigenvalue weighted by Gasteiger charge is 2.47. The predicted molar refractivity (Wildman–Crippen MR) is 123 cm³/mol. The normalized spacial score (nSPS) is 17.1. The molecule has 164 valence electrons. The number of amides is 1. The number of nitriles is 1. The first kappa shape index (κ1) is 22.1. The number of aliphatic hydroxyl groups is 1. The van der Waals surface area contributed by atoms with Crippen LogP contribution in [0.15, 0.2) is 72.6 Å². The number of hydrogen-bond donors (Lipinski definition) is 1. The number of hydrogen-bond acceptors (Lipinski definition) is 6. The maximum atomic E-state index is 13.1. The van der Waals surface area contributed by atoms with Crippen LogP contribution in [0.4, 0.5) is 5.69 Å². The number of benzene rings is 2. The highest BCUT2D eigenvalue weighted by Crippen LogP contribution is 2.42. The molecule has 0 radical (unpaired) electrons. The molecule has 1 aliphatic heterocycles.